The summed E-state index contributed by atoms with van der Waals surface area (Å²) in [4.78, 5) is 0. The van der Waals surface area contributed by atoms with Gasteiger partial charge in [0.05, 0.1) is 6.26 Å². The molecule has 86 valence electrons. The standard InChI is InChI=1S/C12H22N2O/c1-10(2)14-7-4-6-13-9-12-5-8-15-11(12)3/h5,8,10,13-14H,4,6-7,9H2,1-3H3. The molecule has 0 fully saturated rings. The second-order valence-corrected chi connectivity index (χ2v) is 4.14. The Kier molecular flexibility index (Phi) is 5.43. The van der Waals surface area contributed by atoms with Crippen molar-refractivity contribution in [3.8, 4) is 0 Å². The molecule has 0 spiro atoms. The van der Waals surface area contributed by atoms with Crippen molar-refractivity contribution in [2.24, 2.45) is 0 Å². The number of hydrogen-bond acceptors (Lipinski definition) is 3. The van der Waals surface area contributed by atoms with E-state index in [1.807, 2.05) is 13.0 Å². The Balaban J connectivity index is 2.00. The Morgan fingerprint density at radius 3 is 2.73 bits per heavy atom. The highest BCUT2D eigenvalue weighted by Gasteiger charge is 1.99. The van der Waals surface area contributed by atoms with Gasteiger partial charge in [-0.15, -0.1) is 0 Å². The largest absolute Gasteiger partial charge is 0.469 e. The minimum absolute atomic E-state index is 0.584. The Morgan fingerprint density at radius 2 is 2.13 bits per heavy atom. The van der Waals surface area contributed by atoms with Gasteiger partial charge in [0, 0.05) is 18.2 Å². The molecule has 0 amide bonds. The van der Waals surface area contributed by atoms with Gasteiger partial charge >= 0.3 is 0 Å². The fourth-order valence-corrected chi connectivity index (χ4v) is 1.42. The molecule has 3 nitrogen and oxygen atoms in total. The fraction of sp³-hybridized carbons (Fsp3) is 0.667. The Morgan fingerprint density at radius 1 is 1.33 bits per heavy atom. The van der Waals surface area contributed by atoms with Gasteiger partial charge in [-0.05, 0) is 32.5 Å². The Labute approximate surface area is 92.2 Å². The minimum Gasteiger partial charge on any atom is -0.469 e. The average molecular weight is 210 g/mol. The van der Waals surface area contributed by atoms with E-state index in [1.165, 1.54) is 5.56 Å². The van der Waals surface area contributed by atoms with Crippen LogP contribution in [0.2, 0.25) is 0 Å². The van der Waals surface area contributed by atoms with Gasteiger partial charge in [-0.2, -0.15) is 0 Å². The second kappa shape index (κ2) is 6.64. The van der Waals surface area contributed by atoms with Crippen molar-refractivity contribution >= 4 is 0 Å². The van der Waals surface area contributed by atoms with Crippen molar-refractivity contribution in [1.29, 1.82) is 0 Å². The van der Waals surface area contributed by atoms with Crippen LogP contribution in [0.25, 0.3) is 0 Å². The van der Waals surface area contributed by atoms with Crippen molar-refractivity contribution in [2.45, 2.75) is 39.8 Å². The first-order valence-corrected chi connectivity index (χ1v) is 5.67. The minimum atomic E-state index is 0.584. The smallest absolute Gasteiger partial charge is 0.105 e. The van der Waals surface area contributed by atoms with Gasteiger partial charge in [-0.3, -0.25) is 0 Å². The lowest BCUT2D eigenvalue weighted by atomic mass is 10.2. The summed E-state index contributed by atoms with van der Waals surface area (Å²) in [5.74, 6) is 1.02. The zero-order valence-electron chi connectivity index (χ0n) is 9.97. The molecule has 0 aromatic carbocycles. The fourth-order valence-electron chi connectivity index (χ4n) is 1.42. The number of nitrogens with one attached hydrogen (secondary N) is 2. The van der Waals surface area contributed by atoms with Gasteiger partial charge < -0.3 is 15.1 Å². The van der Waals surface area contributed by atoms with E-state index in [-0.39, 0.29) is 0 Å². The van der Waals surface area contributed by atoms with Crippen LogP contribution in [0.4, 0.5) is 0 Å². The summed E-state index contributed by atoms with van der Waals surface area (Å²) in [6, 6.07) is 2.61. The quantitative estimate of drug-likeness (QED) is 0.676. The first-order chi connectivity index (χ1) is 7.20. The van der Waals surface area contributed by atoms with Crippen molar-refractivity contribution in [2.75, 3.05) is 13.1 Å². The lowest BCUT2D eigenvalue weighted by Crippen LogP contribution is -2.26. The van der Waals surface area contributed by atoms with Gasteiger partial charge in [0.25, 0.3) is 0 Å². The lowest BCUT2D eigenvalue weighted by molar-refractivity contribution is 0.522. The molecule has 1 heterocycles. The second-order valence-electron chi connectivity index (χ2n) is 4.14. The molecule has 1 aromatic heterocycles. The van der Waals surface area contributed by atoms with Crippen LogP contribution in [0.1, 0.15) is 31.6 Å². The monoisotopic (exact) mass is 210 g/mol. The molecule has 0 unspecified atom stereocenters. The molecule has 2 N–H and O–H groups in total. The molecule has 1 aromatic rings. The van der Waals surface area contributed by atoms with Crippen LogP contribution in [-0.2, 0) is 6.54 Å². The molecular formula is C12H22N2O. The maximum Gasteiger partial charge on any atom is 0.105 e. The first-order valence-electron chi connectivity index (χ1n) is 5.67. The summed E-state index contributed by atoms with van der Waals surface area (Å²) >= 11 is 0. The highest BCUT2D eigenvalue weighted by Crippen LogP contribution is 2.07. The number of hydrogen-bond donors (Lipinski definition) is 2. The van der Waals surface area contributed by atoms with E-state index >= 15 is 0 Å². The molecule has 0 saturated heterocycles. The molecular weight excluding hydrogens is 188 g/mol. The third kappa shape index (κ3) is 5.00. The van der Waals surface area contributed by atoms with Crippen LogP contribution in [0.5, 0.6) is 0 Å². The molecule has 0 aliphatic heterocycles. The Bertz CT molecular complexity index is 268. The van der Waals surface area contributed by atoms with Crippen molar-refractivity contribution < 1.29 is 4.42 Å². The lowest BCUT2D eigenvalue weighted by Gasteiger charge is -2.08. The predicted octanol–water partition coefficient (Wildman–Crippen LogP) is 2.07. The third-order valence-corrected chi connectivity index (χ3v) is 2.36. The van der Waals surface area contributed by atoms with Gasteiger partial charge in [-0.1, -0.05) is 13.8 Å². The van der Waals surface area contributed by atoms with Crippen LogP contribution in [-0.4, -0.2) is 19.1 Å². The highest BCUT2D eigenvalue weighted by atomic mass is 16.3. The van der Waals surface area contributed by atoms with Gasteiger partial charge in [0.1, 0.15) is 5.76 Å². The highest BCUT2D eigenvalue weighted by molar-refractivity contribution is 5.14. The third-order valence-electron chi connectivity index (χ3n) is 2.36. The number of rotatable bonds is 7. The van der Waals surface area contributed by atoms with Gasteiger partial charge in [0.2, 0.25) is 0 Å². The van der Waals surface area contributed by atoms with Crippen molar-refractivity contribution in [3.05, 3.63) is 23.7 Å². The molecule has 1 rings (SSSR count). The van der Waals surface area contributed by atoms with Crippen LogP contribution in [0, 0.1) is 6.92 Å². The van der Waals surface area contributed by atoms with Crippen LogP contribution in [0.3, 0.4) is 0 Å². The molecule has 0 atom stereocenters. The van der Waals surface area contributed by atoms with Crippen molar-refractivity contribution in [1.82, 2.24) is 10.6 Å². The first kappa shape index (κ1) is 12.3. The topological polar surface area (TPSA) is 37.2 Å². The zero-order valence-corrected chi connectivity index (χ0v) is 9.97. The summed E-state index contributed by atoms with van der Waals surface area (Å²) in [5.41, 5.74) is 1.26. The Hall–Kier alpha value is -0.800. The van der Waals surface area contributed by atoms with E-state index in [2.05, 4.69) is 24.5 Å². The summed E-state index contributed by atoms with van der Waals surface area (Å²) in [6.07, 6.45) is 2.90. The molecule has 3 heteroatoms. The van der Waals surface area contributed by atoms with E-state index in [4.69, 9.17) is 4.42 Å². The van der Waals surface area contributed by atoms with Crippen LogP contribution >= 0.6 is 0 Å². The summed E-state index contributed by atoms with van der Waals surface area (Å²) in [6.45, 7) is 9.37. The van der Waals surface area contributed by atoms with E-state index in [0.29, 0.717) is 6.04 Å². The summed E-state index contributed by atoms with van der Waals surface area (Å²) in [7, 11) is 0. The van der Waals surface area contributed by atoms with Gasteiger partial charge in [0.15, 0.2) is 0 Å². The maximum absolute atomic E-state index is 5.22. The average Bonchev–Trinajstić information content (AvgIpc) is 2.57. The van der Waals surface area contributed by atoms with E-state index in [1.54, 1.807) is 6.26 Å². The number of aryl methyl sites for hydroxylation is 1. The molecule has 0 aliphatic carbocycles. The molecule has 0 radical (unpaired) electrons. The van der Waals surface area contributed by atoms with Crippen molar-refractivity contribution in [3.63, 3.8) is 0 Å². The molecule has 0 aliphatic rings. The normalized spacial score (nSPS) is 11.2. The van der Waals surface area contributed by atoms with Crippen LogP contribution < -0.4 is 10.6 Å². The molecule has 0 bridgehead atoms. The summed E-state index contributed by atoms with van der Waals surface area (Å²) in [5, 5.41) is 6.79. The van der Waals surface area contributed by atoms with Gasteiger partial charge in [-0.25, -0.2) is 0 Å². The van der Waals surface area contributed by atoms with E-state index in [0.717, 1.165) is 31.8 Å². The van der Waals surface area contributed by atoms with E-state index in [9.17, 15) is 0 Å². The predicted molar refractivity (Wildman–Crippen MR) is 62.9 cm³/mol. The molecule has 15 heavy (non-hydrogen) atoms. The zero-order chi connectivity index (χ0) is 11.1. The van der Waals surface area contributed by atoms with E-state index < -0.39 is 0 Å². The SMILES string of the molecule is Cc1occc1CNCCCNC(C)C. The molecule has 0 saturated carbocycles. The van der Waals surface area contributed by atoms with Crippen LogP contribution in [0.15, 0.2) is 16.7 Å². The number of furan rings is 1. The maximum atomic E-state index is 5.22. The summed E-state index contributed by atoms with van der Waals surface area (Å²) < 4.78 is 5.22.